The highest BCUT2D eigenvalue weighted by molar-refractivity contribution is 7.16. The molecule has 0 saturated carbocycles. The standard InChI is InChI=1S/C24H21N3O3S/c25-13-18-17-8-3-4-10-21(17)31-23(18)26-22(28)19-12-15-6-1-2-7-16(15)14-27(19)24(29)20-9-5-11-30-20/h1-2,5-7,9,11,19H,3-4,8,10,12,14H2,(H,26,28). The first-order valence-electron chi connectivity index (χ1n) is 10.4. The number of aryl methyl sites for hydroxylation is 1. The van der Waals surface area contributed by atoms with Gasteiger partial charge in [0.15, 0.2) is 5.76 Å². The fourth-order valence-corrected chi connectivity index (χ4v) is 5.72. The topological polar surface area (TPSA) is 86.3 Å². The van der Waals surface area contributed by atoms with Crippen molar-refractivity contribution in [1.82, 2.24) is 4.90 Å². The van der Waals surface area contributed by atoms with Gasteiger partial charge in [0.2, 0.25) is 5.91 Å². The summed E-state index contributed by atoms with van der Waals surface area (Å²) in [4.78, 5) is 29.3. The van der Waals surface area contributed by atoms with Crippen LogP contribution in [0.1, 0.15) is 50.5 Å². The number of nitriles is 1. The van der Waals surface area contributed by atoms with E-state index in [-0.39, 0.29) is 17.6 Å². The number of carbonyl (C=O) groups is 2. The van der Waals surface area contributed by atoms with Crippen molar-refractivity contribution in [2.75, 3.05) is 5.32 Å². The number of carbonyl (C=O) groups excluding carboxylic acids is 2. The van der Waals surface area contributed by atoms with Crippen molar-refractivity contribution < 1.29 is 14.0 Å². The number of nitrogens with one attached hydrogen (secondary N) is 1. The van der Waals surface area contributed by atoms with Crippen LogP contribution in [0.5, 0.6) is 0 Å². The molecular formula is C24H21N3O3S. The Morgan fingerprint density at radius 2 is 1.94 bits per heavy atom. The van der Waals surface area contributed by atoms with Crippen molar-refractivity contribution in [1.29, 1.82) is 5.26 Å². The number of furan rings is 1. The first kappa shape index (κ1) is 19.6. The second kappa shape index (κ2) is 8.05. The molecule has 2 aliphatic rings. The highest BCUT2D eigenvalue weighted by Gasteiger charge is 2.36. The Morgan fingerprint density at radius 1 is 1.13 bits per heavy atom. The number of hydrogen-bond donors (Lipinski definition) is 1. The first-order chi connectivity index (χ1) is 15.2. The Kier molecular flexibility index (Phi) is 5.08. The molecule has 0 spiro atoms. The predicted molar refractivity (Wildman–Crippen MR) is 117 cm³/mol. The van der Waals surface area contributed by atoms with Gasteiger partial charge in [0.1, 0.15) is 17.1 Å². The lowest BCUT2D eigenvalue weighted by atomic mass is 9.93. The zero-order valence-electron chi connectivity index (χ0n) is 16.9. The van der Waals surface area contributed by atoms with Crippen molar-refractivity contribution >= 4 is 28.2 Å². The molecule has 7 heteroatoms. The van der Waals surface area contributed by atoms with Crippen LogP contribution in [0.25, 0.3) is 0 Å². The normalized spacial score (nSPS) is 17.4. The van der Waals surface area contributed by atoms with Crippen LogP contribution in [0.3, 0.4) is 0 Å². The number of hydrogen-bond acceptors (Lipinski definition) is 5. The van der Waals surface area contributed by atoms with Gasteiger partial charge in [-0.3, -0.25) is 9.59 Å². The van der Waals surface area contributed by atoms with Gasteiger partial charge in [-0.1, -0.05) is 24.3 Å². The average molecular weight is 432 g/mol. The highest BCUT2D eigenvalue weighted by Crippen LogP contribution is 2.38. The number of fused-ring (bicyclic) bond motifs is 2. The molecule has 0 radical (unpaired) electrons. The lowest BCUT2D eigenvalue weighted by Gasteiger charge is -2.35. The summed E-state index contributed by atoms with van der Waals surface area (Å²) in [6.45, 7) is 0.333. The predicted octanol–water partition coefficient (Wildman–Crippen LogP) is 4.30. The fraction of sp³-hybridized carbons (Fsp3) is 0.292. The second-order valence-corrected chi connectivity index (χ2v) is 9.02. The monoisotopic (exact) mass is 431 g/mol. The van der Waals surface area contributed by atoms with Crippen molar-refractivity contribution in [3.8, 4) is 6.07 Å². The summed E-state index contributed by atoms with van der Waals surface area (Å²) in [5, 5.41) is 13.3. The van der Waals surface area contributed by atoms with Crippen LogP contribution in [0.4, 0.5) is 5.00 Å². The highest BCUT2D eigenvalue weighted by atomic mass is 32.1. The number of amides is 2. The van der Waals surface area contributed by atoms with Gasteiger partial charge in [0.25, 0.3) is 5.91 Å². The molecule has 3 heterocycles. The minimum Gasteiger partial charge on any atom is -0.459 e. The molecule has 31 heavy (non-hydrogen) atoms. The number of benzene rings is 1. The van der Waals surface area contributed by atoms with E-state index in [9.17, 15) is 14.9 Å². The Morgan fingerprint density at radius 3 is 2.71 bits per heavy atom. The molecule has 1 aromatic carbocycles. The molecule has 5 rings (SSSR count). The van der Waals surface area contributed by atoms with Crippen LogP contribution < -0.4 is 5.32 Å². The molecule has 2 aromatic heterocycles. The van der Waals surface area contributed by atoms with E-state index < -0.39 is 6.04 Å². The molecule has 0 saturated heterocycles. The van der Waals surface area contributed by atoms with E-state index in [1.165, 1.54) is 22.5 Å². The molecule has 1 N–H and O–H groups in total. The summed E-state index contributed by atoms with van der Waals surface area (Å²) in [5.74, 6) is -0.378. The molecule has 2 amide bonds. The molecule has 0 bridgehead atoms. The summed E-state index contributed by atoms with van der Waals surface area (Å²) in [5.41, 5.74) is 3.73. The third kappa shape index (κ3) is 3.53. The van der Waals surface area contributed by atoms with E-state index in [1.54, 1.807) is 17.0 Å². The van der Waals surface area contributed by atoms with Gasteiger partial charge < -0.3 is 14.6 Å². The maximum Gasteiger partial charge on any atom is 0.290 e. The van der Waals surface area contributed by atoms with E-state index in [4.69, 9.17) is 4.42 Å². The summed E-state index contributed by atoms with van der Waals surface area (Å²) in [6.07, 6.45) is 5.87. The summed E-state index contributed by atoms with van der Waals surface area (Å²) >= 11 is 1.50. The zero-order chi connectivity index (χ0) is 21.4. The molecule has 6 nitrogen and oxygen atoms in total. The number of rotatable bonds is 3. The first-order valence-corrected chi connectivity index (χ1v) is 11.2. The molecule has 1 atom stereocenters. The summed E-state index contributed by atoms with van der Waals surface area (Å²) in [6, 6.07) is 12.7. The van der Waals surface area contributed by atoms with Crippen LogP contribution in [-0.4, -0.2) is 22.8 Å². The van der Waals surface area contributed by atoms with E-state index in [0.717, 1.165) is 42.4 Å². The summed E-state index contributed by atoms with van der Waals surface area (Å²) < 4.78 is 5.31. The Hall–Kier alpha value is -3.37. The molecule has 0 fully saturated rings. The molecule has 1 unspecified atom stereocenters. The van der Waals surface area contributed by atoms with E-state index in [0.29, 0.717) is 23.5 Å². The fourth-order valence-electron chi connectivity index (χ4n) is 4.48. The minimum absolute atomic E-state index is 0.210. The van der Waals surface area contributed by atoms with E-state index in [2.05, 4.69) is 11.4 Å². The third-order valence-electron chi connectivity index (χ3n) is 6.06. The van der Waals surface area contributed by atoms with Crippen LogP contribution in [0, 0.1) is 11.3 Å². The van der Waals surface area contributed by atoms with Gasteiger partial charge in [0.05, 0.1) is 11.8 Å². The largest absolute Gasteiger partial charge is 0.459 e. The molecular weight excluding hydrogens is 410 g/mol. The van der Waals surface area contributed by atoms with Crippen molar-refractivity contribution in [3.05, 3.63) is 75.6 Å². The molecule has 1 aliphatic carbocycles. The van der Waals surface area contributed by atoms with Crippen LogP contribution in [0.15, 0.2) is 47.1 Å². The minimum atomic E-state index is -0.682. The Labute approximate surface area is 184 Å². The third-order valence-corrected chi connectivity index (χ3v) is 7.27. The number of thiophene rings is 1. The summed E-state index contributed by atoms with van der Waals surface area (Å²) in [7, 11) is 0. The second-order valence-electron chi connectivity index (χ2n) is 7.92. The van der Waals surface area contributed by atoms with Crippen molar-refractivity contribution in [2.45, 2.75) is 44.7 Å². The molecule has 156 valence electrons. The van der Waals surface area contributed by atoms with E-state index >= 15 is 0 Å². The van der Waals surface area contributed by atoms with Crippen LogP contribution in [-0.2, 0) is 30.6 Å². The van der Waals surface area contributed by atoms with Crippen LogP contribution in [0.2, 0.25) is 0 Å². The van der Waals surface area contributed by atoms with Gasteiger partial charge in [-0.25, -0.2) is 0 Å². The maximum absolute atomic E-state index is 13.4. The lowest BCUT2D eigenvalue weighted by Crippen LogP contribution is -2.50. The maximum atomic E-state index is 13.4. The number of nitrogens with zero attached hydrogens (tertiary/aromatic N) is 2. The van der Waals surface area contributed by atoms with Crippen LogP contribution >= 0.6 is 11.3 Å². The van der Waals surface area contributed by atoms with Crippen molar-refractivity contribution in [3.63, 3.8) is 0 Å². The lowest BCUT2D eigenvalue weighted by molar-refractivity contribution is -0.121. The van der Waals surface area contributed by atoms with Gasteiger partial charge >= 0.3 is 0 Å². The zero-order valence-corrected chi connectivity index (χ0v) is 17.7. The van der Waals surface area contributed by atoms with Gasteiger partial charge in [-0.2, -0.15) is 5.26 Å². The van der Waals surface area contributed by atoms with Crippen molar-refractivity contribution in [2.24, 2.45) is 0 Å². The van der Waals surface area contributed by atoms with E-state index in [1.807, 2.05) is 24.3 Å². The molecule has 1 aliphatic heterocycles. The Bertz CT molecular complexity index is 1190. The van der Waals surface area contributed by atoms with Gasteiger partial charge in [0, 0.05) is 17.8 Å². The SMILES string of the molecule is N#Cc1c(NC(=O)C2Cc3ccccc3CN2C(=O)c2ccco2)sc2c1CCCC2. The Balaban J connectivity index is 1.47. The molecule has 3 aromatic rings. The smallest absolute Gasteiger partial charge is 0.290 e. The quantitative estimate of drug-likeness (QED) is 0.670. The van der Waals surface area contributed by atoms with Gasteiger partial charge in [-0.05, 0) is 54.5 Å². The van der Waals surface area contributed by atoms with Gasteiger partial charge in [-0.15, -0.1) is 11.3 Å². The number of anilines is 1. The average Bonchev–Trinajstić information content (AvgIpc) is 3.45.